The van der Waals surface area contributed by atoms with E-state index in [9.17, 15) is 0 Å². The lowest BCUT2D eigenvalue weighted by atomic mass is 9.73. The van der Waals surface area contributed by atoms with Crippen molar-refractivity contribution in [2.45, 2.75) is 63.7 Å². The highest BCUT2D eigenvalue weighted by Crippen LogP contribution is 2.59. The summed E-state index contributed by atoms with van der Waals surface area (Å²) >= 11 is 0. The molecule has 7 aromatic carbocycles. The van der Waals surface area contributed by atoms with E-state index in [1.807, 2.05) is 0 Å². The fraction of sp³-hybridized carbons (Fsp3) is 0.231. The largest absolute Gasteiger partial charge is 0.309 e. The van der Waals surface area contributed by atoms with Gasteiger partial charge < -0.3 is 4.90 Å². The molecule has 2 saturated carbocycles. The molecule has 3 atom stereocenters. The number of benzene rings is 7. The molecule has 0 radical (unpaired) electrons. The van der Waals surface area contributed by atoms with Crippen LogP contribution in [0, 0.1) is 11.8 Å². The normalized spacial score (nSPS) is 19.3. The molecule has 3 aliphatic carbocycles. The molecule has 7 aromatic rings. The lowest BCUT2D eigenvalue weighted by Crippen LogP contribution is -2.23. The third kappa shape index (κ3) is 5.12. The summed E-state index contributed by atoms with van der Waals surface area (Å²) in [6.07, 6.45) is 7.77. The highest BCUT2D eigenvalue weighted by atomic mass is 15.1. The Labute approximate surface area is 315 Å². The Bertz CT molecular complexity index is 2430. The maximum Gasteiger partial charge on any atom is 0.0621 e. The van der Waals surface area contributed by atoms with Gasteiger partial charge in [-0.05, 0) is 130 Å². The zero-order valence-corrected chi connectivity index (χ0v) is 30.9. The highest BCUT2D eigenvalue weighted by molar-refractivity contribution is 6.10. The molecule has 0 amide bonds. The molecule has 0 N–H and O–H groups in total. The van der Waals surface area contributed by atoms with E-state index in [4.69, 9.17) is 0 Å². The smallest absolute Gasteiger partial charge is 0.0621 e. The Kier molecular flexibility index (Phi) is 7.87. The van der Waals surface area contributed by atoms with Crippen LogP contribution < -0.4 is 4.90 Å². The van der Waals surface area contributed by atoms with Crippen molar-refractivity contribution in [1.29, 1.82) is 0 Å². The number of hydrogen-bond acceptors (Lipinski definition) is 1. The van der Waals surface area contributed by atoms with Crippen LogP contribution in [0.3, 0.4) is 0 Å². The third-order valence-corrected chi connectivity index (χ3v) is 13.4. The van der Waals surface area contributed by atoms with E-state index in [1.54, 1.807) is 0 Å². The van der Waals surface area contributed by atoms with Crippen LogP contribution >= 0.6 is 0 Å². The topological polar surface area (TPSA) is 3.24 Å². The predicted molar refractivity (Wildman–Crippen MR) is 224 cm³/mol. The number of anilines is 3. The summed E-state index contributed by atoms with van der Waals surface area (Å²) in [6, 6.07) is 59.5. The molecular formula is C52H47N. The van der Waals surface area contributed by atoms with Gasteiger partial charge in [0.1, 0.15) is 0 Å². The fourth-order valence-corrected chi connectivity index (χ4v) is 10.8. The minimum absolute atomic E-state index is 0.0208. The first kappa shape index (κ1) is 32.3. The van der Waals surface area contributed by atoms with Crippen LogP contribution in [0.15, 0.2) is 158 Å². The molecule has 1 heteroatoms. The van der Waals surface area contributed by atoms with Gasteiger partial charge in [-0.25, -0.2) is 0 Å². The van der Waals surface area contributed by atoms with Crippen molar-refractivity contribution in [2.75, 3.05) is 4.90 Å². The van der Waals surface area contributed by atoms with E-state index in [1.165, 1.54) is 104 Å². The van der Waals surface area contributed by atoms with Crippen molar-refractivity contribution in [2.24, 2.45) is 11.8 Å². The van der Waals surface area contributed by atoms with Gasteiger partial charge in [-0.3, -0.25) is 0 Å². The van der Waals surface area contributed by atoms with Gasteiger partial charge in [-0.2, -0.15) is 0 Å². The van der Waals surface area contributed by atoms with E-state index in [0.29, 0.717) is 5.92 Å². The average molecular weight is 686 g/mol. The van der Waals surface area contributed by atoms with Gasteiger partial charge in [-0.1, -0.05) is 148 Å². The van der Waals surface area contributed by atoms with E-state index in [-0.39, 0.29) is 5.41 Å². The van der Waals surface area contributed by atoms with E-state index >= 15 is 0 Å². The molecule has 0 saturated heterocycles. The van der Waals surface area contributed by atoms with Crippen molar-refractivity contribution >= 4 is 27.8 Å². The van der Waals surface area contributed by atoms with Gasteiger partial charge in [0, 0.05) is 27.7 Å². The van der Waals surface area contributed by atoms with Crippen molar-refractivity contribution < 1.29 is 0 Å². The molecule has 53 heavy (non-hydrogen) atoms. The molecule has 3 unspecified atom stereocenters. The fourth-order valence-electron chi connectivity index (χ4n) is 10.8. The van der Waals surface area contributed by atoms with Crippen LogP contribution in [0.5, 0.6) is 0 Å². The second-order valence-corrected chi connectivity index (χ2v) is 15.9. The summed E-state index contributed by atoms with van der Waals surface area (Å²) in [5.41, 5.74) is 15.9. The lowest BCUT2D eigenvalue weighted by Gasteiger charge is -2.33. The van der Waals surface area contributed by atoms with Crippen LogP contribution in [0.25, 0.3) is 44.2 Å². The quantitative estimate of drug-likeness (QED) is 0.154. The lowest BCUT2D eigenvalue weighted by molar-refractivity contribution is 0.420. The molecule has 3 aliphatic rings. The Morgan fingerprint density at radius 2 is 1.15 bits per heavy atom. The number of rotatable bonds is 8. The van der Waals surface area contributed by atoms with Crippen LogP contribution in [-0.2, 0) is 5.41 Å². The summed E-state index contributed by atoms with van der Waals surface area (Å²) in [5.74, 6) is 2.51. The Hall–Kier alpha value is -5.40. The summed E-state index contributed by atoms with van der Waals surface area (Å²) in [5, 5.41) is 2.59. The third-order valence-electron chi connectivity index (χ3n) is 13.4. The van der Waals surface area contributed by atoms with Crippen molar-refractivity contribution in [3.05, 3.63) is 174 Å². The number of fused-ring (bicyclic) bond motifs is 6. The van der Waals surface area contributed by atoms with Gasteiger partial charge in [0.25, 0.3) is 0 Å². The monoisotopic (exact) mass is 685 g/mol. The van der Waals surface area contributed by atoms with E-state index < -0.39 is 0 Å². The van der Waals surface area contributed by atoms with Gasteiger partial charge in [0.05, 0.1) is 5.69 Å². The van der Waals surface area contributed by atoms with E-state index in [0.717, 1.165) is 24.7 Å². The first-order valence-corrected chi connectivity index (χ1v) is 20.0. The van der Waals surface area contributed by atoms with Crippen LogP contribution in [0.4, 0.5) is 17.1 Å². The molecule has 0 aliphatic heterocycles. The molecule has 0 heterocycles. The molecule has 0 aromatic heterocycles. The highest BCUT2D eigenvalue weighted by Gasteiger charge is 2.43. The predicted octanol–water partition coefficient (Wildman–Crippen LogP) is 14.6. The maximum absolute atomic E-state index is 2.58. The van der Waals surface area contributed by atoms with Gasteiger partial charge >= 0.3 is 0 Å². The Morgan fingerprint density at radius 3 is 1.81 bits per heavy atom. The molecule has 10 rings (SSSR count). The molecule has 0 spiro atoms. The number of nitrogens with zero attached hydrogens (tertiary/aromatic N) is 1. The van der Waals surface area contributed by atoms with Gasteiger partial charge in [-0.15, -0.1) is 0 Å². The SMILES string of the molecule is CCC1(CC)c2ccccc2-c2c1cc1ccccc1c2N(c1ccc(-c2ccccc2-c2ccccc2)cc1)c1ccc(C2CC3CCC2C3)cc1. The number of hydrogen-bond donors (Lipinski definition) is 0. The second kappa shape index (κ2) is 12.9. The van der Waals surface area contributed by atoms with Crippen LogP contribution in [0.1, 0.15) is 75.0 Å². The zero-order valence-electron chi connectivity index (χ0n) is 30.9. The first-order valence-electron chi connectivity index (χ1n) is 20.0. The summed E-state index contributed by atoms with van der Waals surface area (Å²) in [6.45, 7) is 4.75. The van der Waals surface area contributed by atoms with Crippen molar-refractivity contribution in [1.82, 2.24) is 0 Å². The first-order chi connectivity index (χ1) is 26.2. The van der Waals surface area contributed by atoms with Gasteiger partial charge in [0.2, 0.25) is 0 Å². The van der Waals surface area contributed by atoms with Crippen molar-refractivity contribution in [3.63, 3.8) is 0 Å². The van der Waals surface area contributed by atoms with Crippen LogP contribution in [-0.4, -0.2) is 0 Å². The molecular weight excluding hydrogens is 639 g/mol. The summed E-state index contributed by atoms with van der Waals surface area (Å²) in [7, 11) is 0. The second-order valence-electron chi connectivity index (χ2n) is 15.9. The molecule has 1 nitrogen and oxygen atoms in total. The average Bonchev–Trinajstić information content (AvgIpc) is 3.94. The zero-order chi connectivity index (χ0) is 35.5. The molecule has 2 fully saturated rings. The standard InChI is InChI=1S/C52H47N/c1-3-52(4-2)48-21-13-12-20-46(48)50-49(52)34-39-16-8-9-19-45(39)51(50)53(42-30-26-38(27-31-42)47-33-35-22-23-40(47)32-35)41-28-24-37(25-29-41)44-18-11-10-17-43(44)36-14-6-5-7-15-36/h5-21,24-31,34-35,40,47H,3-4,22-23,32-33H2,1-2H3. The summed E-state index contributed by atoms with van der Waals surface area (Å²) in [4.78, 5) is 2.58. The molecule has 260 valence electrons. The van der Waals surface area contributed by atoms with Crippen LogP contribution in [0.2, 0.25) is 0 Å². The minimum Gasteiger partial charge on any atom is -0.309 e. The Morgan fingerprint density at radius 1 is 0.547 bits per heavy atom. The van der Waals surface area contributed by atoms with Gasteiger partial charge in [0.15, 0.2) is 0 Å². The maximum atomic E-state index is 2.58. The van der Waals surface area contributed by atoms with Crippen molar-refractivity contribution in [3.8, 4) is 33.4 Å². The summed E-state index contributed by atoms with van der Waals surface area (Å²) < 4.78 is 0. The van der Waals surface area contributed by atoms with E-state index in [2.05, 4.69) is 176 Å². The Balaban J connectivity index is 1.18. The molecule has 2 bridgehead atoms. The minimum atomic E-state index is -0.0208.